The molecule has 0 amide bonds. The number of aryl methyl sites for hydroxylation is 3. The fourth-order valence-corrected chi connectivity index (χ4v) is 2.43. The van der Waals surface area contributed by atoms with Gasteiger partial charge < -0.3 is 5.73 Å². The Morgan fingerprint density at radius 3 is 2.47 bits per heavy atom. The zero-order valence-corrected chi connectivity index (χ0v) is 11.4. The molecule has 19 heavy (non-hydrogen) atoms. The lowest BCUT2D eigenvalue weighted by Gasteiger charge is -2.08. The Morgan fingerprint density at radius 2 is 1.74 bits per heavy atom. The van der Waals surface area contributed by atoms with E-state index in [0.29, 0.717) is 5.82 Å². The highest BCUT2D eigenvalue weighted by atomic mass is 15.1. The van der Waals surface area contributed by atoms with Crippen molar-refractivity contribution >= 4 is 11.5 Å². The first-order valence-corrected chi connectivity index (χ1v) is 6.38. The second-order valence-corrected chi connectivity index (χ2v) is 5.03. The lowest BCUT2D eigenvalue weighted by molar-refractivity contribution is 1.20. The average Bonchev–Trinajstić information content (AvgIpc) is 2.72. The number of hydrogen-bond donors (Lipinski definition) is 1. The van der Waals surface area contributed by atoms with Crippen LogP contribution in [0.2, 0.25) is 0 Å². The predicted octanol–water partition coefficient (Wildman–Crippen LogP) is 3.51. The minimum atomic E-state index is 0.696. The minimum absolute atomic E-state index is 0.696. The molecule has 0 bridgehead atoms. The molecule has 96 valence electrons. The molecule has 0 aliphatic heterocycles. The van der Waals surface area contributed by atoms with Crippen LogP contribution in [0.5, 0.6) is 0 Å². The quantitative estimate of drug-likeness (QED) is 0.719. The molecule has 0 atom stereocenters. The van der Waals surface area contributed by atoms with Gasteiger partial charge in [-0.15, -0.1) is 0 Å². The minimum Gasteiger partial charge on any atom is -0.383 e. The van der Waals surface area contributed by atoms with Gasteiger partial charge in [-0.3, -0.25) is 4.40 Å². The standard InChI is InChI=1S/C16H17N3/c1-10-8-12(3)13(9-11(10)2)15-16(17)19-7-5-4-6-14(19)18-15/h4-9H,17H2,1-3H3. The third-order valence-electron chi connectivity index (χ3n) is 3.66. The third-order valence-corrected chi connectivity index (χ3v) is 3.66. The van der Waals surface area contributed by atoms with Crippen LogP contribution in [0.15, 0.2) is 36.5 Å². The van der Waals surface area contributed by atoms with Gasteiger partial charge in [0, 0.05) is 11.8 Å². The smallest absolute Gasteiger partial charge is 0.139 e. The number of nitrogens with two attached hydrogens (primary N) is 1. The molecular formula is C16H17N3. The summed E-state index contributed by atoms with van der Waals surface area (Å²) in [6, 6.07) is 10.3. The zero-order valence-electron chi connectivity index (χ0n) is 11.4. The molecular weight excluding hydrogens is 234 g/mol. The second-order valence-electron chi connectivity index (χ2n) is 5.03. The number of benzene rings is 1. The molecule has 3 heteroatoms. The van der Waals surface area contributed by atoms with E-state index in [9.17, 15) is 0 Å². The van der Waals surface area contributed by atoms with E-state index in [0.717, 1.165) is 16.9 Å². The lowest BCUT2D eigenvalue weighted by Crippen LogP contribution is -1.95. The van der Waals surface area contributed by atoms with Crippen molar-refractivity contribution < 1.29 is 0 Å². The molecule has 2 N–H and O–H groups in total. The van der Waals surface area contributed by atoms with Crippen molar-refractivity contribution in [2.24, 2.45) is 0 Å². The summed E-state index contributed by atoms with van der Waals surface area (Å²) in [6.45, 7) is 6.34. The Labute approximate surface area is 112 Å². The first kappa shape index (κ1) is 11.8. The van der Waals surface area contributed by atoms with Gasteiger partial charge in [0.15, 0.2) is 0 Å². The number of nitrogen functional groups attached to an aromatic ring is 1. The van der Waals surface area contributed by atoms with Crippen LogP contribution in [0.4, 0.5) is 5.82 Å². The number of fused-ring (bicyclic) bond motifs is 1. The van der Waals surface area contributed by atoms with Crippen molar-refractivity contribution in [2.45, 2.75) is 20.8 Å². The first-order chi connectivity index (χ1) is 9.08. The van der Waals surface area contributed by atoms with Gasteiger partial charge in [0.2, 0.25) is 0 Å². The molecule has 0 spiro atoms. The summed E-state index contributed by atoms with van der Waals surface area (Å²) in [5.74, 6) is 0.696. The van der Waals surface area contributed by atoms with Gasteiger partial charge in [0.25, 0.3) is 0 Å². The molecule has 0 radical (unpaired) electrons. The average molecular weight is 251 g/mol. The topological polar surface area (TPSA) is 43.3 Å². The maximum absolute atomic E-state index is 6.23. The van der Waals surface area contributed by atoms with Crippen molar-refractivity contribution in [1.29, 1.82) is 0 Å². The normalized spacial score (nSPS) is 11.1. The van der Waals surface area contributed by atoms with Crippen LogP contribution in [0, 0.1) is 20.8 Å². The van der Waals surface area contributed by atoms with E-state index < -0.39 is 0 Å². The number of imidazole rings is 1. The summed E-state index contributed by atoms with van der Waals surface area (Å²) < 4.78 is 1.92. The van der Waals surface area contributed by atoms with Gasteiger partial charge in [0.05, 0.1) is 0 Å². The molecule has 3 aromatic rings. The van der Waals surface area contributed by atoms with Crippen molar-refractivity contribution in [3.63, 3.8) is 0 Å². The van der Waals surface area contributed by atoms with Crippen molar-refractivity contribution in [3.05, 3.63) is 53.2 Å². The molecule has 2 heterocycles. The second kappa shape index (κ2) is 4.12. The van der Waals surface area contributed by atoms with Crippen LogP contribution >= 0.6 is 0 Å². The van der Waals surface area contributed by atoms with E-state index in [1.54, 1.807) is 0 Å². The Bertz CT molecular complexity index is 769. The molecule has 3 rings (SSSR count). The molecule has 0 aliphatic carbocycles. The van der Waals surface area contributed by atoms with E-state index in [1.807, 2.05) is 28.8 Å². The molecule has 0 saturated carbocycles. The van der Waals surface area contributed by atoms with E-state index >= 15 is 0 Å². The van der Waals surface area contributed by atoms with Crippen molar-refractivity contribution in [2.75, 3.05) is 5.73 Å². The molecule has 1 aromatic carbocycles. The SMILES string of the molecule is Cc1cc(C)c(-c2nc3ccccn3c2N)cc1C. The number of hydrogen-bond acceptors (Lipinski definition) is 2. The van der Waals surface area contributed by atoms with Gasteiger partial charge in [0.1, 0.15) is 17.2 Å². The van der Waals surface area contributed by atoms with Gasteiger partial charge >= 0.3 is 0 Å². The van der Waals surface area contributed by atoms with Crippen molar-refractivity contribution in [1.82, 2.24) is 9.38 Å². The summed E-state index contributed by atoms with van der Waals surface area (Å²) in [5.41, 5.74) is 12.9. The highest BCUT2D eigenvalue weighted by molar-refractivity contribution is 5.77. The van der Waals surface area contributed by atoms with E-state index in [1.165, 1.54) is 16.7 Å². The van der Waals surface area contributed by atoms with Crippen LogP contribution in [0.3, 0.4) is 0 Å². The van der Waals surface area contributed by atoms with Gasteiger partial charge in [-0.25, -0.2) is 4.98 Å². The summed E-state index contributed by atoms with van der Waals surface area (Å²) in [6.07, 6.45) is 1.94. The number of nitrogens with zero attached hydrogens (tertiary/aromatic N) is 2. The van der Waals surface area contributed by atoms with Gasteiger partial charge in [-0.05, 0) is 55.7 Å². The van der Waals surface area contributed by atoms with E-state index in [4.69, 9.17) is 5.73 Å². The number of rotatable bonds is 1. The van der Waals surface area contributed by atoms with Crippen LogP contribution in [-0.2, 0) is 0 Å². The van der Waals surface area contributed by atoms with Crippen LogP contribution in [-0.4, -0.2) is 9.38 Å². The van der Waals surface area contributed by atoms with E-state index in [-0.39, 0.29) is 0 Å². The Balaban J connectivity index is 2.30. The molecule has 0 unspecified atom stereocenters. The Hall–Kier alpha value is -2.29. The lowest BCUT2D eigenvalue weighted by atomic mass is 9.99. The van der Waals surface area contributed by atoms with Crippen LogP contribution in [0.1, 0.15) is 16.7 Å². The summed E-state index contributed by atoms with van der Waals surface area (Å²) >= 11 is 0. The molecule has 0 saturated heterocycles. The summed E-state index contributed by atoms with van der Waals surface area (Å²) in [5, 5.41) is 0. The Morgan fingerprint density at radius 1 is 1.00 bits per heavy atom. The molecule has 0 fully saturated rings. The summed E-state index contributed by atoms with van der Waals surface area (Å²) in [7, 11) is 0. The van der Waals surface area contributed by atoms with Crippen molar-refractivity contribution in [3.8, 4) is 11.3 Å². The highest BCUT2D eigenvalue weighted by Gasteiger charge is 2.13. The monoisotopic (exact) mass is 251 g/mol. The van der Waals surface area contributed by atoms with E-state index in [2.05, 4.69) is 37.9 Å². The molecule has 0 aliphatic rings. The molecule has 3 nitrogen and oxygen atoms in total. The van der Waals surface area contributed by atoms with Crippen LogP contribution in [0.25, 0.3) is 16.9 Å². The zero-order chi connectivity index (χ0) is 13.6. The van der Waals surface area contributed by atoms with Crippen LogP contribution < -0.4 is 5.73 Å². The highest BCUT2D eigenvalue weighted by Crippen LogP contribution is 2.30. The Kier molecular flexibility index (Phi) is 2.56. The van der Waals surface area contributed by atoms with Gasteiger partial charge in [-0.1, -0.05) is 12.1 Å². The fraction of sp³-hybridized carbons (Fsp3) is 0.188. The maximum atomic E-state index is 6.23. The number of aromatic nitrogens is 2. The summed E-state index contributed by atoms with van der Waals surface area (Å²) in [4.78, 5) is 4.65. The maximum Gasteiger partial charge on any atom is 0.139 e. The first-order valence-electron chi connectivity index (χ1n) is 6.38. The fourth-order valence-electron chi connectivity index (χ4n) is 2.43. The number of anilines is 1. The molecule has 2 aromatic heterocycles. The number of pyridine rings is 1. The van der Waals surface area contributed by atoms with Gasteiger partial charge in [-0.2, -0.15) is 0 Å². The third kappa shape index (κ3) is 1.78. The largest absolute Gasteiger partial charge is 0.383 e. The predicted molar refractivity (Wildman–Crippen MR) is 79.3 cm³/mol.